The molecule has 1 N–H and O–H groups in total. The maximum absolute atomic E-state index is 12.4. The lowest BCUT2D eigenvalue weighted by atomic mass is 9.93. The molecule has 1 amide bonds. The maximum atomic E-state index is 12.4. The van der Waals surface area contributed by atoms with E-state index in [-0.39, 0.29) is 41.0 Å². The van der Waals surface area contributed by atoms with E-state index in [9.17, 15) is 13.2 Å². The van der Waals surface area contributed by atoms with Crippen LogP contribution in [0.4, 0.5) is 5.69 Å². The molecule has 8 heteroatoms. The molecule has 0 aliphatic rings. The predicted octanol–water partition coefficient (Wildman–Crippen LogP) is 3.56. The van der Waals surface area contributed by atoms with Gasteiger partial charge in [-0.3, -0.25) is 9.10 Å². The molecule has 0 aromatic heterocycles. The second-order valence-electron chi connectivity index (χ2n) is 6.45. The second-order valence-corrected chi connectivity index (χ2v) is 9.20. The molecule has 0 spiro atoms. The first-order chi connectivity index (χ1) is 10.9. The van der Waals surface area contributed by atoms with Crippen LogP contribution in [-0.4, -0.2) is 33.2 Å². The van der Waals surface area contributed by atoms with Crippen molar-refractivity contribution < 1.29 is 13.2 Å². The number of rotatable bonds is 7. The van der Waals surface area contributed by atoms with Gasteiger partial charge < -0.3 is 5.32 Å². The molecule has 136 valence electrons. The summed E-state index contributed by atoms with van der Waals surface area (Å²) in [4.78, 5) is 12.4. The van der Waals surface area contributed by atoms with Crippen LogP contribution in [0.25, 0.3) is 0 Å². The van der Waals surface area contributed by atoms with Crippen molar-refractivity contribution in [3.63, 3.8) is 0 Å². The number of anilines is 1. The highest BCUT2D eigenvalue weighted by Crippen LogP contribution is 2.30. The molecule has 0 radical (unpaired) electrons. The Morgan fingerprint density at radius 3 is 2.17 bits per heavy atom. The highest BCUT2D eigenvalue weighted by molar-refractivity contribution is 7.92. The molecule has 0 fully saturated rings. The summed E-state index contributed by atoms with van der Waals surface area (Å²) in [5.74, 6) is 0.0784. The quantitative estimate of drug-likeness (QED) is 0.768. The SMILES string of the molecule is CC(C)C(NC(=O)CN(c1cc(Cl)ccc1Cl)S(C)(=O)=O)C(C)C. The standard InChI is InChI=1S/C16H24Cl2N2O3S/c1-10(2)16(11(3)4)19-15(21)9-20(24(5,22)23)14-8-12(17)6-7-13(14)18/h6-8,10-11,16H,9H2,1-5H3,(H,19,21). The smallest absolute Gasteiger partial charge is 0.241 e. The lowest BCUT2D eigenvalue weighted by Gasteiger charge is -2.28. The van der Waals surface area contributed by atoms with E-state index in [1.165, 1.54) is 12.1 Å². The van der Waals surface area contributed by atoms with Crippen molar-refractivity contribution in [2.45, 2.75) is 33.7 Å². The predicted molar refractivity (Wildman–Crippen MR) is 100 cm³/mol. The largest absolute Gasteiger partial charge is 0.351 e. The summed E-state index contributed by atoms with van der Waals surface area (Å²) in [6.07, 6.45) is 1.03. The minimum atomic E-state index is -3.70. The molecule has 0 saturated carbocycles. The van der Waals surface area contributed by atoms with Crippen LogP contribution in [0.2, 0.25) is 10.0 Å². The fourth-order valence-electron chi connectivity index (χ4n) is 2.52. The second kappa shape index (κ2) is 8.41. The van der Waals surface area contributed by atoms with Gasteiger partial charge in [0.15, 0.2) is 0 Å². The average molecular weight is 395 g/mol. The van der Waals surface area contributed by atoms with Gasteiger partial charge in [0.25, 0.3) is 0 Å². The molecule has 0 unspecified atom stereocenters. The third-order valence-corrected chi connectivity index (χ3v) is 5.31. The van der Waals surface area contributed by atoms with Crippen molar-refractivity contribution in [3.8, 4) is 0 Å². The number of sulfonamides is 1. The molecule has 0 bridgehead atoms. The highest BCUT2D eigenvalue weighted by Gasteiger charge is 2.26. The topological polar surface area (TPSA) is 66.5 Å². The summed E-state index contributed by atoms with van der Waals surface area (Å²) >= 11 is 12.0. The molecular weight excluding hydrogens is 371 g/mol. The molecule has 5 nitrogen and oxygen atoms in total. The number of nitrogens with zero attached hydrogens (tertiary/aromatic N) is 1. The summed E-state index contributed by atoms with van der Waals surface area (Å²) in [7, 11) is -3.70. The van der Waals surface area contributed by atoms with Gasteiger partial charge in [-0.25, -0.2) is 8.42 Å². The number of carbonyl (C=O) groups excluding carboxylic acids is 1. The van der Waals surface area contributed by atoms with E-state index in [1.54, 1.807) is 6.07 Å². The molecule has 0 atom stereocenters. The van der Waals surface area contributed by atoms with Gasteiger partial charge in [0.05, 0.1) is 17.0 Å². The van der Waals surface area contributed by atoms with E-state index in [2.05, 4.69) is 5.32 Å². The van der Waals surface area contributed by atoms with Crippen LogP contribution < -0.4 is 9.62 Å². The number of amides is 1. The zero-order chi connectivity index (χ0) is 18.7. The maximum Gasteiger partial charge on any atom is 0.241 e. The fourth-order valence-corrected chi connectivity index (χ4v) is 3.82. The lowest BCUT2D eigenvalue weighted by molar-refractivity contribution is -0.121. The summed E-state index contributed by atoms with van der Waals surface area (Å²) in [6.45, 7) is 7.68. The van der Waals surface area contributed by atoms with Crippen molar-refractivity contribution in [3.05, 3.63) is 28.2 Å². The minimum absolute atomic E-state index is 0.0475. The van der Waals surface area contributed by atoms with Crippen LogP contribution >= 0.6 is 23.2 Å². The van der Waals surface area contributed by atoms with Crippen molar-refractivity contribution in [1.29, 1.82) is 0 Å². The minimum Gasteiger partial charge on any atom is -0.351 e. The first-order valence-corrected chi connectivity index (χ1v) is 10.3. The summed E-state index contributed by atoms with van der Waals surface area (Å²) in [5, 5.41) is 3.45. The van der Waals surface area contributed by atoms with Gasteiger partial charge in [0.2, 0.25) is 15.9 Å². The third kappa shape index (κ3) is 5.83. The Morgan fingerprint density at radius 2 is 1.71 bits per heavy atom. The number of halogens is 2. The normalized spacial score (nSPS) is 12.1. The van der Waals surface area contributed by atoms with Crippen molar-refractivity contribution in [1.82, 2.24) is 5.32 Å². The van der Waals surface area contributed by atoms with Gasteiger partial charge in [-0.1, -0.05) is 50.9 Å². The van der Waals surface area contributed by atoms with Gasteiger partial charge in [-0.2, -0.15) is 0 Å². The van der Waals surface area contributed by atoms with Crippen LogP contribution in [0, 0.1) is 11.8 Å². The summed E-state index contributed by atoms with van der Waals surface area (Å²) in [5.41, 5.74) is 0.187. The van der Waals surface area contributed by atoms with Gasteiger partial charge in [0, 0.05) is 11.1 Å². The Bertz CT molecular complexity index is 683. The van der Waals surface area contributed by atoms with Crippen molar-refractivity contribution in [2.24, 2.45) is 11.8 Å². The van der Waals surface area contributed by atoms with Crippen LogP contribution in [0.1, 0.15) is 27.7 Å². The van der Waals surface area contributed by atoms with Crippen LogP contribution in [-0.2, 0) is 14.8 Å². The highest BCUT2D eigenvalue weighted by atomic mass is 35.5. The Kier molecular flexibility index (Phi) is 7.38. The van der Waals surface area contributed by atoms with E-state index in [4.69, 9.17) is 23.2 Å². The number of carbonyl (C=O) groups is 1. The number of hydrogen-bond donors (Lipinski definition) is 1. The molecule has 0 heterocycles. The molecule has 0 aliphatic heterocycles. The molecule has 1 rings (SSSR count). The van der Waals surface area contributed by atoms with Gasteiger partial charge in [-0.15, -0.1) is 0 Å². The van der Waals surface area contributed by atoms with E-state index < -0.39 is 10.0 Å². The van der Waals surface area contributed by atoms with E-state index in [0.717, 1.165) is 10.6 Å². The van der Waals surface area contributed by atoms with Crippen LogP contribution in [0.5, 0.6) is 0 Å². The van der Waals surface area contributed by atoms with Gasteiger partial charge >= 0.3 is 0 Å². The van der Waals surface area contributed by atoms with Crippen LogP contribution in [0.15, 0.2) is 18.2 Å². The molecular formula is C16H24Cl2N2O3S. The van der Waals surface area contributed by atoms with E-state index in [0.29, 0.717) is 5.02 Å². The number of nitrogens with one attached hydrogen (secondary N) is 1. The summed E-state index contributed by atoms with van der Waals surface area (Å²) in [6, 6.07) is 4.44. The molecule has 1 aromatic rings. The van der Waals surface area contributed by atoms with E-state index >= 15 is 0 Å². The number of benzene rings is 1. The molecule has 1 aromatic carbocycles. The summed E-state index contributed by atoms with van der Waals surface area (Å²) < 4.78 is 25.2. The molecule has 24 heavy (non-hydrogen) atoms. The Hall–Kier alpha value is -0.980. The fraction of sp³-hybridized carbons (Fsp3) is 0.562. The van der Waals surface area contributed by atoms with Crippen LogP contribution in [0.3, 0.4) is 0 Å². The molecule has 0 aliphatic carbocycles. The number of hydrogen-bond acceptors (Lipinski definition) is 3. The van der Waals surface area contributed by atoms with Gasteiger partial charge in [-0.05, 0) is 30.0 Å². The third-order valence-electron chi connectivity index (χ3n) is 3.63. The van der Waals surface area contributed by atoms with E-state index in [1.807, 2.05) is 27.7 Å². The average Bonchev–Trinajstić information content (AvgIpc) is 2.43. The lowest BCUT2D eigenvalue weighted by Crippen LogP contribution is -2.47. The zero-order valence-electron chi connectivity index (χ0n) is 14.5. The molecule has 0 saturated heterocycles. The Labute approximate surface area is 154 Å². The van der Waals surface area contributed by atoms with Crippen molar-refractivity contribution in [2.75, 3.05) is 17.1 Å². The monoisotopic (exact) mass is 394 g/mol. The zero-order valence-corrected chi connectivity index (χ0v) is 16.8. The first kappa shape index (κ1) is 21.1. The van der Waals surface area contributed by atoms with Crippen molar-refractivity contribution >= 4 is 44.8 Å². The Morgan fingerprint density at radius 1 is 1.17 bits per heavy atom. The first-order valence-electron chi connectivity index (χ1n) is 7.65. The van der Waals surface area contributed by atoms with Gasteiger partial charge in [0.1, 0.15) is 6.54 Å². The Balaban J connectivity index is 3.08.